The third-order valence-corrected chi connectivity index (χ3v) is 2.80. The van der Waals surface area contributed by atoms with Crippen LogP contribution >= 0.6 is 11.3 Å². The summed E-state index contributed by atoms with van der Waals surface area (Å²) in [4.78, 5) is 11.8. The van der Waals surface area contributed by atoms with Gasteiger partial charge in [0.05, 0.1) is 5.92 Å². The van der Waals surface area contributed by atoms with Crippen LogP contribution in [-0.4, -0.2) is 11.1 Å². The topological polar surface area (TPSA) is 37.3 Å². The summed E-state index contributed by atoms with van der Waals surface area (Å²) in [5.74, 6) is -1.00. The van der Waals surface area contributed by atoms with Crippen LogP contribution in [0, 0.1) is 12.8 Å². The average molecular weight is 184 g/mol. The van der Waals surface area contributed by atoms with Crippen molar-refractivity contribution in [3.8, 4) is 0 Å². The zero-order valence-corrected chi connectivity index (χ0v) is 8.02. The molecule has 1 aromatic rings. The van der Waals surface area contributed by atoms with Gasteiger partial charge in [-0.3, -0.25) is 4.79 Å². The van der Waals surface area contributed by atoms with Crippen molar-refractivity contribution in [1.82, 2.24) is 0 Å². The van der Waals surface area contributed by atoms with Gasteiger partial charge in [-0.15, -0.1) is 11.3 Å². The third-order valence-electron chi connectivity index (χ3n) is 1.91. The second kappa shape index (κ2) is 3.72. The lowest BCUT2D eigenvalue weighted by atomic mass is 10.0. The summed E-state index contributed by atoms with van der Waals surface area (Å²) in [5, 5.41) is 10.7. The van der Waals surface area contributed by atoms with Crippen molar-refractivity contribution in [1.29, 1.82) is 0 Å². The first-order chi connectivity index (χ1) is 5.61. The van der Waals surface area contributed by atoms with Crippen molar-refractivity contribution in [2.24, 2.45) is 5.92 Å². The summed E-state index contributed by atoms with van der Waals surface area (Å²) >= 11 is 1.67. The SMILES string of the molecule is Cc1sccc1CC(C)C(=O)O. The summed E-state index contributed by atoms with van der Waals surface area (Å²) < 4.78 is 0. The summed E-state index contributed by atoms with van der Waals surface area (Å²) in [6.07, 6.45) is 0.644. The maximum atomic E-state index is 10.5. The molecule has 12 heavy (non-hydrogen) atoms. The van der Waals surface area contributed by atoms with E-state index < -0.39 is 5.97 Å². The molecule has 0 amide bonds. The number of thiophene rings is 1. The Hall–Kier alpha value is -0.830. The van der Waals surface area contributed by atoms with Crippen molar-refractivity contribution in [3.05, 3.63) is 21.9 Å². The third kappa shape index (κ3) is 2.08. The predicted molar refractivity (Wildman–Crippen MR) is 49.6 cm³/mol. The second-order valence-corrected chi connectivity index (χ2v) is 4.07. The molecule has 0 saturated heterocycles. The molecule has 1 N–H and O–H groups in total. The molecule has 66 valence electrons. The van der Waals surface area contributed by atoms with Gasteiger partial charge in [0, 0.05) is 4.88 Å². The molecule has 0 aliphatic heterocycles. The van der Waals surface area contributed by atoms with Crippen LogP contribution < -0.4 is 0 Å². The lowest BCUT2D eigenvalue weighted by molar-refractivity contribution is -0.141. The Labute approximate surface area is 75.9 Å². The number of aryl methyl sites for hydroxylation is 1. The molecule has 2 nitrogen and oxygen atoms in total. The molecule has 3 heteroatoms. The molecular formula is C9H12O2S. The smallest absolute Gasteiger partial charge is 0.306 e. The average Bonchev–Trinajstić information content (AvgIpc) is 2.36. The van der Waals surface area contributed by atoms with E-state index in [4.69, 9.17) is 5.11 Å². The fourth-order valence-electron chi connectivity index (χ4n) is 1.04. The maximum Gasteiger partial charge on any atom is 0.306 e. The first-order valence-corrected chi connectivity index (χ1v) is 4.75. The van der Waals surface area contributed by atoms with Gasteiger partial charge < -0.3 is 5.11 Å². The largest absolute Gasteiger partial charge is 0.481 e. The molecule has 0 aliphatic carbocycles. The fourth-order valence-corrected chi connectivity index (χ4v) is 1.78. The zero-order valence-electron chi connectivity index (χ0n) is 7.20. The highest BCUT2D eigenvalue weighted by atomic mass is 32.1. The number of carbonyl (C=O) groups is 1. The van der Waals surface area contributed by atoms with Gasteiger partial charge in [-0.2, -0.15) is 0 Å². The standard InChI is InChI=1S/C9H12O2S/c1-6(9(10)11)5-8-3-4-12-7(8)2/h3-4,6H,5H2,1-2H3,(H,10,11). The molecule has 0 saturated carbocycles. The Balaban J connectivity index is 2.64. The minimum Gasteiger partial charge on any atom is -0.481 e. The monoisotopic (exact) mass is 184 g/mol. The van der Waals surface area contributed by atoms with Crippen LogP contribution in [0.3, 0.4) is 0 Å². The van der Waals surface area contributed by atoms with Gasteiger partial charge in [0.2, 0.25) is 0 Å². The minimum atomic E-state index is -0.722. The van der Waals surface area contributed by atoms with E-state index in [0.717, 1.165) is 5.56 Å². The van der Waals surface area contributed by atoms with E-state index in [2.05, 4.69) is 0 Å². The van der Waals surface area contributed by atoms with Crippen molar-refractivity contribution >= 4 is 17.3 Å². The summed E-state index contributed by atoms with van der Waals surface area (Å²) in [7, 11) is 0. The number of rotatable bonds is 3. The molecular weight excluding hydrogens is 172 g/mol. The molecule has 0 aromatic carbocycles. The van der Waals surface area contributed by atoms with Gasteiger partial charge >= 0.3 is 5.97 Å². The highest BCUT2D eigenvalue weighted by molar-refractivity contribution is 7.10. The van der Waals surface area contributed by atoms with E-state index in [0.29, 0.717) is 6.42 Å². The maximum absolute atomic E-state index is 10.5. The highest BCUT2D eigenvalue weighted by Gasteiger charge is 2.12. The van der Waals surface area contributed by atoms with Crippen LogP contribution in [0.15, 0.2) is 11.4 Å². The summed E-state index contributed by atoms with van der Waals surface area (Å²) in [5.41, 5.74) is 1.16. The quantitative estimate of drug-likeness (QED) is 0.782. The van der Waals surface area contributed by atoms with Crippen LogP contribution in [0.1, 0.15) is 17.4 Å². The Morgan fingerprint density at radius 1 is 1.75 bits per heavy atom. The summed E-state index contributed by atoms with van der Waals surface area (Å²) in [6.45, 7) is 3.76. The number of hydrogen-bond acceptors (Lipinski definition) is 2. The van der Waals surface area contributed by atoms with Crippen LogP contribution in [-0.2, 0) is 11.2 Å². The van der Waals surface area contributed by atoms with Crippen molar-refractivity contribution < 1.29 is 9.90 Å². The molecule has 0 bridgehead atoms. The van der Waals surface area contributed by atoms with Crippen LogP contribution in [0.2, 0.25) is 0 Å². The molecule has 1 heterocycles. The van der Waals surface area contributed by atoms with Crippen molar-refractivity contribution in [2.75, 3.05) is 0 Å². The Morgan fingerprint density at radius 2 is 2.42 bits per heavy atom. The van der Waals surface area contributed by atoms with E-state index >= 15 is 0 Å². The van der Waals surface area contributed by atoms with E-state index in [1.54, 1.807) is 18.3 Å². The second-order valence-electron chi connectivity index (χ2n) is 2.95. The number of hydrogen-bond donors (Lipinski definition) is 1. The van der Waals surface area contributed by atoms with Gasteiger partial charge in [0.25, 0.3) is 0 Å². The van der Waals surface area contributed by atoms with Gasteiger partial charge in [-0.05, 0) is 30.4 Å². The Bertz CT molecular complexity index is 278. The first-order valence-electron chi connectivity index (χ1n) is 3.87. The van der Waals surface area contributed by atoms with E-state index in [1.165, 1.54) is 4.88 Å². The van der Waals surface area contributed by atoms with Gasteiger partial charge in [-0.1, -0.05) is 6.92 Å². The minimum absolute atomic E-state index is 0.279. The van der Waals surface area contributed by atoms with Crippen LogP contribution in [0.4, 0.5) is 0 Å². The van der Waals surface area contributed by atoms with E-state index in [1.807, 2.05) is 18.4 Å². The summed E-state index contributed by atoms with van der Waals surface area (Å²) in [6, 6.07) is 2.00. The molecule has 1 aromatic heterocycles. The van der Waals surface area contributed by atoms with Crippen LogP contribution in [0.25, 0.3) is 0 Å². The molecule has 0 fully saturated rings. The number of carboxylic acids is 1. The highest BCUT2D eigenvalue weighted by Crippen LogP contribution is 2.18. The Kier molecular flexibility index (Phi) is 2.87. The van der Waals surface area contributed by atoms with Gasteiger partial charge in [-0.25, -0.2) is 0 Å². The fraction of sp³-hybridized carbons (Fsp3) is 0.444. The van der Waals surface area contributed by atoms with E-state index in [-0.39, 0.29) is 5.92 Å². The first kappa shape index (κ1) is 9.26. The number of aliphatic carboxylic acids is 1. The molecule has 0 radical (unpaired) electrons. The Morgan fingerprint density at radius 3 is 2.83 bits per heavy atom. The lowest BCUT2D eigenvalue weighted by Gasteiger charge is -2.04. The molecule has 0 aliphatic rings. The zero-order chi connectivity index (χ0) is 9.14. The predicted octanol–water partition coefficient (Wildman–Crippen LogP) is 2.32. The normalized spacial score (nSPS) is 12.8. The molecule has 0 spiro atoms. The molecule has 1 atom stereocenters. The molecule has 1 unspecified atom stereocenters. The van der Waals surface area contributed by atoms with Crippen LogP contribution in [0.5, 0.6) is 0 Å². The van der Waals surface area contributed by atoms with E-state index in [9.17, 15) is 4.79 Å². The van der Waals surface area contributed by atoms with Gasteiger partial charge in [0.15, 0.2) is 0 Å². The van der Waals surface area contributed by atoms with Crippen molar-refractivity contribution in [3.63, 3.8) is 0 Å². The lowest BCUT2D eigenvalue weighted by Crippen LogP contribution is -2.12. The number of carboxylic acid groups (broad SMARTS) is 1. The van der Waals surface area contributed by atoms with Crippen molar-refractivity contribution in [2.45, 2.75) is 20.3 Å². The molecule has 1 rings (SSSR count). The van der Waals surface area contributed by atoms with Gasteiger partial charge in [0.1, 0.15) is 0 Å².